The summed E-state index contributed by atoms with van der Waals surface area (Å²) < 4.78 is 5.64. The Labute approximate surface area is 223 Å². The van der Waals surface area contributed by atoms with Crippen molar-refractivity contribution in [3.8, 4) is 16.9 Å². The fourth-order valence-electron chi connectivity index (χ4n) is 5.52. The van der Waals surface area contributed by atoms with Crippen molar-refractivity contribution in [1.82, 2.24) is 9.80 Å². The number of amides is 2. The average Bonchev–Trinajstić information content (AvgIpc) is 3.21. The number of rotatable bonds is 7. The monoisotopic (exact) mass is 510 g/mol. The van der Waals surface area contributed by atoms with Gasteiger partial charge < -0.3 is 15.4 Å². The minimum absolute atomic E-state index is 0.0106. The Kier molecular flexibility index (Phi) is 7.18. The van der Waals surface area contributed by atoms with Crippen molar-refractivity contribution in [1.29, 1.82) is 0 Å². The van der Waals surface area contributed by atoms with E-state index in [1.54, 1.807) is 7.05 Å². The number of hydrogen-bond acceptors (Lipinski definition) is 5. The van der Waals surface area contributed by atoms with E-state index < -0.39 is 5.54 Å². The van der Waals surface area contributed by atoms with Crippen LogP contribution in [0.1, 0.15) is 42.1 Å². The SMILES string of the molecule is CCCOc1ccc(C(=O)N2CCC(C3(c4cccc(-c5ccccc5)c4)N=C(N)N(C)C3=O)CC2)cc1. The molecule has 0 aromatic heterocycles. The second-order valence-electron chi connectivity index (χ2n) is 9.99. The van der Waals surface area contributed by atoms with Gasteiger partial charge in [0.2, 0.25) is 0 Å². The zero-order chi connectivity index (χ0) is 26.7. The number of piperidine rings is 1. The Bertz CT molecular complexity index is 1330. The van der Waals surface area contributed by atoms with Crippen molar-refractivity contribution < 1.29 is 14.3 Å². The van der Waals surface area contributed by atoms with E-state index in [0.717, 1.165) is 28.9 Å². The van der Waals surface area contributed by atoms with Crippen LogP contribution in [-0.2, 0) is 10.3 Å². The van der Waals surface area contributed by atoms with E-state index in [2.05, 4.69) is 25.1 Å². The predicted octanol–water partition coefficient (Wildman–Crippen LogP) is 4.68. The first-order chi connectivity index (χ1) is 18.4. The third-order valence-corrected chi connectivity index (χ3v) is 7.62. The van der Waals surface area contributed by atoms with Crippen LogP contribution in [0.5, 0.6) is 5.75 Å². The quantitative estimate of drug-likeness (QED) is 0.500. The third-order valence-electron chi connectivity index (χ3n) is 7.62. The van der Waals surface area contributed by atoms with Gasteiger partial charge in [-0.25, -0.2) is 4.99 Å². The molecular weight excluding hydrogens is 476 g/mol. The van der Waals surface area contributed by atoms with Crippen LogP contribution in [-0.4, -0.2) is 54.3 Å². The van der Waals surface area contributed by atoms with E-state index in [1.165, 1.54) is 4.90 Å². The number of carbonyl (C=O) groups is 2. The molecular formula is C31H34N4O3. The Morgan fingerprint density at radius 2 is 1.68 bits per heavy atom. The van der Waals surface area contributed by atoms with Gasteiger partial charge in [0, 0.05) is 31.6 Å². The van der Waals surface area contributed by atoms with Crippen molar-refractivity contribution in [2.24, 2.45) is 16.6 Å². The van der Waals surface area contributed by atoms with Crippen LogP contribution in [0.4, 0.5) is 0 Å². The van der Waals surface area contributed by atoms with Crippen LogP contribution in [0.2, 0.25) is 0 Å². The summed E-state index contributed by atoms with van der Waals surface area (Å²) in [5, 5.41) is 0. The lowest BCUT2D eigenvalue weighted by Crippen LogP contribution is -2.49. The molecule has 2 amide bonds. The number of likely N-dealkylation sites (tertiary alicyclic amines) is 1. The molecule has 0 saturated carbocycles. The fraction of sp³-hybridized carbons (Fsp3) is 0.323. The number of hydrogen-bond donors (Lipinski definition) is 1. The van der Waals surface area contributed by atoms with Gasteiger partial charge >= 0.3 is 0 Å². The maximum atomic E-state index is 13.8. The molecule has 5 rings (SSSR count). The van der Waals surface area contributed by atoms with E-state index in [4.69, 9.17) is 15.5 Å². The van der Waals surface area contributed by atoms with Crippen molar-refractivity contribution >= 4 is 17.8 Å². The van der Waals surface area contributed by atoms with Crippen LogP contribution in [0, 0.1) is 5.92 Å². The topological polar surface area (TPSA) is 88.2 Å². The van der Waals surface area contributed by atoms with Gasteiger partial charge in [0.05, 0.1) is 6.61 Å². The summed E-state index contributed by atoms with van der Waals surface area (Å²) in [6.07, 6.45) is 2.23. The molecule has 0 aliphatic carbocycles. The highest BCUT2D eigenvalue weighted by molar-refractivity contribution is 6.07. The number of aliphatic imine (C=N–C) groups is 1. The molecule has 1 unspecified atom stereocenters. The molecule has 3 aromatic carbocycles. The molecule has 2 N–H and O–H groups in total. The van der Waals surface area contributed by atoms with Crippen molar-refractivity contribution in [3.63, 3.8) is 0 Å². The van der Waals surface area contributed by atoms with E-state index in [0.29, 0.717) is 38.1 Å². The summed E-state index contributed by atoms with van der Waals surface area (Å²) >= 11 is 0. The van der Waals surface area contributed by atoms with Gasteiger partial charge in [0.1, 0.15) is 5.75 Å². The van der Waals surface area contributed by atoms with Crippen molar-refractivity contribution in [2.45, 2.75) is 31.7 Å². The van der Waals surface area contributed by atoms with Gasteiger partial charge in [-0.2, -0.15) is 0 Å². The Hall–Kier alpha value is -4.13. The number of benzene rings is 3. The minimum Gasteiger partial charge on any atom is -0.494 e. The first-order valence-electron chi connectivity index (χ1n) is 13.3. The molecule has 3 aromatic rings. The van der Waals surface area contributed by atoms with Gasteiger partial charge in [-0.3, -0.25) is 14.5 Å². The molecule has 0 bridgehead atoms. The zero-order valence-electron chi connectivity index (χ0n) is 22.0. The summed E-state index contributed by atoms with van der Waals surface area (Å²) in [5.74, 6) is 0.777. The highest BCUT2D eigenvalue weighted by Crippen LogP contribution is 2.45. The highest BCUT2D eigenvalue weighted by Gasteiger charge is 2.54. The van der Waals surface area contributed by atoms with Crippen LogP contribution in [0.25, 0.3) is 11.1 Å². The molecule has 2 heterocycles. The van der Waals surface area contributed by atoms with Gasteiger partial charge in [-0.05, 0) is 66.3 Å². The standard InChI is InChI=1S/C31H34N4O3/c1-3-20-38-27-14-12-23(13-15-27)28(36)35-18-16-25(17-19-35)31(29(37)34(2)30(32)33-31)26-11-7-10-24(21-26)22-8-5-4-6-9-22/h4-15,21,25H,3,16-20H2,1-2H3,(H2,32,33). The maximum Gasteiger partial charge on any atom is 0.261 e. The molecule has 38 heavy (non-hydrogen) atoms. The predicted molar refractivity (Wildman–Crippen MR) is 149 cm³/mol. The second kappa shape index (κ2) is 10.7. The number of likely N-dealkylation sites (N-methyl/N-ethyl adjacent to an activating group) is 1. The van der Waals surface area contributed by atoms with Crippen LogP contribution in [0.3, 0.4) is 0 Å². The Morgan fingerprint density at radius 1 is 1.00 bits per heavy atom. The van der Waals surface area contributed by atoms with Gasteiger partial charge in [-0.15, -0.1) is 0 Å². The summed E-state index contributed by atoms with van der Waals surface area (Å²) in [4.78, 5) is 35.1. The molecule has 2 aliphatic rings. The van der Waals surface area contributed by atoms with Crippen LogP contribution >= 0.6 is 0 Å². The summed E-state index contributed by atoms with van der Waals surface area (Å²) in [5.41, 5.74) is 8.69. The normalized spacial score (nSPS) is 19.9. The molecule has 1 fully saturated rings. The number of guanidine groups is 1. The molecule has 1 atom stereocenters. The average molecular weight is 511 g/mol. The molecule has 0 spiro atoms. The van der Waals surface area contributed by atoms with E-state index >= 15 is 0 Å². The van der Waals surface area contributed by atoms with Crippen LogP contribution < -0.4 is 10.5 Å². The maximum absolute atomic E-state index is 13.8. The first kappa shape index (κ1) is 25.5. The van der Waals surface area contributed by atoms with E-state index in [-0.39, 0.29) is 23.7 Å². The molecule has 7 nitrogen and oxygen atoms in total. The summed E-state index contributed by atoms with van der Waals surface area (Å²) in [6.45, 7) is 3.80. The van der Waals surface area contributed by atoms with Crippen molar-refractivity contribution in [2.75, 3.05) is 26.7 Å². The summed E-state index contributed by atoms with van der Waals surface area (Å²) in [7, 11) is 1.68. The van der Waals surface area contributed by atoms with Crippen molar-refractivity contribution in [3.05, 3.63) is 90.0 Å². The molecule has 0 radical (unpaired) electrons. The number of ether oxygens (including phenoxy) is 1. The van der Waals surface area contributed by atoms with Gasteiger partial charge in [-0.1, -0.05) is 55.5 Å². The van der Waals surface area contributed by atoms with Gasteiger partial charge in [0.15, 0.2) is 11.5 Å². The first-order valence-corrected chi connectivity index (χ1v) is 13.3. The molecule has 196 valence electrons. The van der Waals surface area contributed by atoms with Crippen LogP contribution in [0.15, 0.2) is 83.9 Å². The molecule has 2 aliphatic heterocycles. The Morgan fingerprint density at radius 3 is 2.32 bits per heavy atom. The zero-order valence-corrected chi connectivity index (χ0v) is 22.0. The third kappa shape index (κ3) is 4.64. The van der Waals surface area contributed by atoms with E-state index in [9.17, 15) is 9.59 Å². The number of nitrogens with zero attached hydrogens (tertiary/aromatic N) is 3. The largest absolute Gasteiger partial charge is 0.494 e. The highest BCUT2D eigenvalue weighted by atomic mass is 16.5. The lowest BCUT2D eigenvalue weighted by atomic mass is 9.72. The summed E-state index contributed by atoms with van der Waals surface area (Å²) in [6, 6.07) is 25.5. The van der Waals surface area contributed by atoms with E-state index in [1.807, 2.05) is 65.6 Å². The molecule has 7 heteroatoms. The number of nitrogens with two attached hydrogens (primary N) is 1. The second-order valence-corrected chi connectivity index (χ2v) is 9.99. The minimum atomic E-state index is -1.10. The smallest absolute Gasteiger partial charge is 0.261 e. The Balaban J connectivity index is 1.38. The van der Waals surface area contributed by atoms with Gasteiger partial charge in [0.25, 0.3) is 11.8 Å². The number of carbonyl (C=O) groups excluding carboxylic acids is 2. The lowest BCUT2D eigenvalue weighted by molar-refractivity contribution is -0.133. The fourth-order valence-corrected chi connectivity index (χ4v) is 5.52. The molecule has 1 saturated heterocycles. The lowest BCUT2D eigenvalue weighted by Gasteiger charge is -2.40.